The standard InChI is InChI=1S/C13H12O3/c1-8-4-2-5-9(14)12(8)13-10(15)6-3-7-11(13)16/h2-7,14-16H,1H3. The van der Waals surface area contributed by atoms with E-state index in [2.05, 4.69) is 0 Å². The summed E-state index contributed by atoms with van der Waals surface area (Å²) >= 11 is 0. The van der Waals surface area contributed by atoms with Crippen LogP contribution in [0, 0.1) is 6.92 Å². The van der Waals surface area contributed by atoms with Gasteiger partial charge in [-0.05, 0) is 30.7 Å². The molecule has 0 bridgehead atoms. The van der Waals surface area contributed by atoms with E-state index in [-0.39, 0.29) is 22.8 Å². The van der Waals surface area contributed by atoms with E-state index in [1.165, 1.54) is 18.2 Å². The van der Waals surface area contributed by atoms with Gasteiger partial charge in [0.15, 0.2) is 0 Å². The van der Waals surface area contributed by atoms with Gasteiger partial charge in [-0.3, -0.25) is 0 Å². The Labute approximate surface area is 93.2 Å². The molecule has 0 amide bonds. The molecule has 0 fully saturated rings. The maximum absolute atomic E-state index is 9.77. The van der Waals surface area contributed by atoms with Gasteiger partial charge in [-0.25, -0.2) is 0 Å². The maximum Gasteiger partial charge on any atom is 0.127 e. The molecule has 0 aliphatic carbocycles. The minimum Gasteiger partial charge on any atom is -0.507 e. The predicted octanol–water partition coefficient (Wildman–Crippen LogP) is 2.78. The van der Waals surface area contributed by atoms with Gasteiger partial charge in [0.25, 0.3) is 0 Å². The Morgan fingerprint density at radius 1 is 0.688 bits per heavy atom. The van der Waals surface area contributed by atoms with Gasteiger partial charge in [-0.1, -0.05) is 18.2 Å². The molecule has 82 valence electrons. The van der Waals surface area contributed by atoms with E-state index >= 15 is 0 Å². The summed E-state index contributed by atoms with van der Waals surface area (Å²) in [5.41, 5.74) is 1.51. The van der Waals surface area contributed by atoms with Crippen molar-refractivity contribution in [2.45, 2.75) is 6.92 Å². The molecule has 2 aromatic rings. The fraction of sp³-hybridized carbons (Fsp3) is 0.0769. The third kappa shape index (κ3) is 1.56. The fourth-order valence-corrected chi connectivity index (χ4v) is 1.76. The number of phenols is 3. The lowest BCUT2D eigenvalue weighted by atomic mass is 9.98. The van der Waals surface area contributed by atoms with Gasteiger partial charge in [0.1, 0.15) is 17.2 Å². The Bertz CT molecular complexity index is 443. The molecule has 3 N–H and O–H groups in total. The number of aromatic hydroxyl groups is 3. The zero-order chi connectivity index (χ0) is 11.7. The van der Waals surface area contributed by atoms with E-state index in [0.29, 0.717) is 5.56 Å². The van der Waals surface area contributed by atoms with Crippen LogP contribution in [0.15, 0.2) is 36.4 Å². The lowest BCUT2D eigenvalue weighted by Crippen LogP contribution is -1.86. The SMILES string of the molecule is Cc1cccc(O)c1-c1c(O)cccc1O. The summed E-state index contributed by atoms with van der Waals surface area (Å²) in [5.74, 6) is -0.0639. The summed E-state index contributed by atoms with van der Waals surface area (Å²) in [7, 11) is 0. The molecular weight excluding hydrogens is 204 g/mol. The molecule has 0 unspecified atom stereocenters. The van der Waals surface area contributed by atoms with Gasteiger partial charge < -0.3 is 15.3 Å². The molecule has 0 spiro atoms. The average Bonchev–Trinajstić information content (AvgIpc) is 2.21. The van der Waals surface area contributed by atoms with E-state index in [1.807, 2.05) is 0 Å². The molecule has 16 heavy (non-hydrogen) atoms. The van der Waals surface area contributed by atoms with Crippen molar-refractivity contribution in [3.05, 3.63) is 42.0 Å². The first kappa shape index (κ1) is 10.4. The molecule has 0 saturated heterocycles. The minimum atomic E-state index is -0.0513. The summed E-state index contributed by atoms with van der Waals surface area (Å²) < 4.78 is 0. The molecule has 0 aliphatic heterocycles. The molecule has 0 saturated carbocycles. The lowest BCUT2D eigenvalue weighted by Gasteiger charge is -2.11. The van der Waals surface area contributed by atoms with Gasteiger partial charge in [0.2, 0.25) is 0 Å². The number of phenolic OH excluding ortho intramolecular Hbond substituents is 3. The van der Waals surface area contributed by atoms with Gasteiger partial charge in [0.05, 0.1) is 5.56 Å². The van der Waals surface area contributed by atoms with Crippen molar-refractivity contribution in [3.63, 3.8) is 0 Å². The number of benzene rings is 2. The Hall–Kier alpha value is -2.16. The number of aryl methyl sites for hydroxylation is 1. The Morgan fingerprint density at radius 3 is 1.62 bits per heavy atom. The molecule has 3 nitrogen and oxygen atoms in total. The molecule has 3 heteroatoms. The topological polar surface area (TPSA) is 60.7 Å². The van der Waals surface area contributed by atoms with E-state index in [4.69, 9.17) is 0 Å². The lowest BCUT2D eigenvalue weighted by molar-refractivity contribution is 0.449. The second-order valence-corrected chi connectivity index (χ2v) is 3.64. The van der Waals surface area contributed by atoms with Crippen molar-refractivity contribution in [1.29, 1.82) is 0 Å². The van der Waals surface area contributed by atoms with Crippen LogP contribution >= 0.6 is 0 Å². The first-order chi connectivity index (χ1) is 7.61. The average molecular weight is 216 g/mol. The molecule has 0 radical (unpaired) electrons. The van der Waals surface area contributed by atoms with Crippen LogP contribution < -0.4 is 0 Å². The largest absolute Gasteiger partial charge is 0.507 e. The van der Waals surface area contributed by atoms with Crippen LogP contribution in [0.1, 0.15) is 5.56 Å². The van der Waals surface area contributed by atoms with Crippen molar-refractivity contribution >= 4 is 0 Å². The molecule has 0 atom stereocenters. The summed E-state index contributed by atoms with van der Waals surface area (Å²) in [6.07, 6.45) is 0. The Morgan fingerprint density at radius 2 is 1.12 bits per heavy atom. The van der Waals surface area contributed by atoms with Crippen molar-refractivity contribution in [3.8, 4) is 28.4 Å². The highest BCUT2D eigenvalue weighted by atomic mass is 16.3. The van der Waals surface area contributed by atoms with E-state index < -0.39 is 0 Å². The highest BCUT2D eigenvalue weighted by molar-refractivity contribution is 5.82. The molecule has 2 aromatic carbocycles. The monoisotopic (exact) mass is 216 g/mol. The van der Waals surface area contributed by atoms with Gasteiger partial charge >= 0.3 is 0 Å². The Kier molecular flexibility index (Phi) is 2.44. The number of hydrogen-bond donors (Lipinski definition) is 3. The van der Waals surface area contributed by atoms with Crippen molar-refractivity contribution < 1.29 is 15.3 Å². The van der Waals surface area contributed by atoms with Crippen LogP contribution in [-0.2, 0) is 0 Å². The van der Waals surface area contributed by atoms with Crippen LogP contribution in [0.2, 0.25) is 0 Å². The first-order valence-electron chi connectivity index (χ1n) is 4.91. The van der Waals surface area contributed by atoms with Crippen LogP contribution in [0.4, 0.5) is 0 Å². The van der Waals surface area contributed by atoms with Crippen molar-refractivity contribution in [2.75, 3.05) is 0 Å². The predicted molar refractivity (Wildman–Crippen MR) is 61.6 cm³/mol. The normalized spacial score (nSPS) is 10.3. The zero-order valence-electron chi connectivity index (χ0n) is 8.81. The summed E-state index contributed by atoms with van der Waals surface area (Å²) in [6.45, 7) is 1.81. The maximum atomic E-state index is 9.77. The second-order valence-electron chi connectivity index (χ2n) is 3.64. The van der Waals surface area contributed by atoms with Gasteiger partial charge in [-0.2, -0.15) is 0 Å². The highest BCUT2D eigenvalue weighted by Crippen LogP contribution is 2.42. The zero-order valence-corrected chi connectivity index (χ0v) is 8.81. The quantitative estimate of drug-likeness (QED) is 0.686. The second kappa shape index (κ2) is 3.77. The third-order valence-electron chi connectivity index (χ3n) is 2.52. The third-order valence-corrected chi connectivity index (χ3v) is 2.52. The van der Waals surface area contributed by atoms with Crippen LogP contribution in [0.25, 0.3) is 11.1 Å². The van der Waals surface area contributed by atoms with E-state index in [9.17, 15) is 15.3 Å². The molecule has 0 aliphatic rings. The van der Waals surface area contributed by atoms with E-state index in [0.717, 1.165) is 5.56 Å². The smallest absolute Gasteiger partial charge is 0.127 e. The van der Waals surface area contributed by atoms with Gasteiger partial charge in [0, 0.05) is 5.56 Å². The van der Waals surface area contributed by atoms with Crippen molar-refractivity contribution in [2.24, 2.45) is 0 Å². The van der Waals surface area contributed by atoms with Crippen LogP contribution in [0.5, 0.6) is 17.2 Å². The van der Waals surface area contributed by atoms with Gasteiger partial charge in [-0.15, -0.1) is 0 Å². The van der Waals surface area contributed by atoms with Crippen molar-refractivity contribution in [1.82, 2.24) is 0 Å². The van der Waals surface area contributed by atoms with Crippen LogP contribution in [-0.4, -0.2) is 15.3 Å². The molecule has 2 rings (SSSR count). The minimum absolute atomic E-state index is 0.0387. The fourth-order valence-electron chi connectivity index (χ4n) is 1.76. The number of rotatable bonds is 1. The highest BCUT2D eigenvalue weighted by Gasteiger charge is 2.15. The molecular formula is C13H12O3. The summed E-state index contributed by atoms with van der Waals surface area (Å²) in [4.78, 5) is 0. The molecule has 0 heterocycles. The Balaban J connectivity index is 2.77. The van der Waals surface area contributed by atoms with Crippen LogP contribution in [0.3, 0.4) is 0 Å². The number of hydrogen-bond acceptors (Lipinski definition) is 3. The summed E-state index contributed by atoms with van der Waals surface area (Å²) in [6, 6.07) is 9.53. The first-order valence-corrected chi connectivity index (χ1v) is 4.91. The summed E-state index contributed by atoms with van der Waals surface area (Å²) in [5, 5.41) is 29.2. The molecule has 0 aromatic heterocycles. The van der Waals surface area contributed by atoms with E-state index in [1.54, 1.807) is 25.1 Å².